The van der Waals surface area contributed by atoms with Crippen molar-refractivity contribution in [1.29, 1.82) is 0 Å². The molecule has 0 aliphatic carbocycles. The van der Waals surface area contributed by atoms with E-state index in [1.165, 1.54) is 21.8 Å². The summed E-state index contributed by atoms with van der Waals surface area (Å²) in [6, 6.07) is 74.2. The van der Waals surface area contributed by atoms with Crippen molar-refractivity contribution in [3.05, 3.63) is 212 Å². The van der Waals surface area contributed by atoms with Crippen molar-refractivity contribution >= 4 is 32.8 Å². The van der Waals surface area contributed by atoms with E-state index in [4.69, 9.17) is 15.0 Å². The second-order valence-corrected chi connectivity index (χ2v) is 14.4. The average molecular weight is 742 g/mol. The Hall–Kier alpha value is -7.89. The first-order valence-electron chi connectivity index (χ1n) is 19.5. The van der Waals surface area contributed by atoms with E-state index in [0.717, 1.165) is 73.0 Å². The highest BCUT2D eigenvalue weighted by atomic mass is 15.1. The van der Waals surface area contributed by atoms with Crippen LogP contribution in [0.4, 0.5) is 0 Å². The molecule has 5 nitrogen and oxygen atoms in total. The summed E-state index contributed by atoms with van der Waals surface area (Å²) in [5, 5.41) is 2.48. The Morgan fingerprint density at radius 2 is 0.741 bits per heavy atom. The molecule has 0 N–H and O–H groups in total. The minimum Gasteiger partial charge on any atom is -0.309 e. The molecule has 0 saturated heterocycles. The Morgan fingerprint density at radius 1 is 0.293 bits per heavy atom. The van der Waals surface area contributed by atoms with E-state index < -0.39 is 0 Å². The second-order valence-electron chi connectivity index (χ2n) is 14.4. The maximum absolute atomic E-state index is 5.40. The molecular formula is C53H35N5. The predicted molar refractivity (Wildman–Crippen MR) is 238 cm³/mol. The lowest BCUT2D eigenvalue weighted by Crippen LogP contribution is -2.01. The summed E-state index contributed by atoms with van der Waals surface area (Å²) in [6.45, 7) is 0. The van der Waals surface area contributed by atoms with E-state index >= 15 is 0 Å². The number of benzene rings is 8. The highest BCUT2D eigenvalue weighted by Gasteiger charge is 2.21. The number of rotatable bonds is 7. The molecule has 8 aromatic carbocycles. The average Bonchev–Trinajstić information content (AvgIpc) is 3.86. The molecule has 272 valence electrons. The van der Waals surface area contributed by atoms with E-state index in [1.54, 1.807) is 0 Å². The van der Waals surface area contributed by atoms with E-state index in [9.17, 15) is 0 Å². The summed E-state index contributed by atoms with van der Waals surface area (Å²) in [4.78, 5) is 15.9. The van der Waals surface area contributed by atoms with Crippen LogP contribution in [0, 0.1) is 0 Å². The fraction of sp³-hybridized carbons (Fsp3) is 0. The van der Waals surface area contributed by atoms with Crippen LogP contribution in [-0.2, 0) is 0 Å². The lowest BCUT2D eigenvalue weighted by molar-refractivity contribution is 1.10. The van der Waals surface area contributed by atoms with Crippen molar-refractivity contribution in [2.45, 2.75) is 0 Å². The molecule has 11 rings (SSSR count). The van der Waals surface area contributed by atoms with Gasteiger partial charge in [0.15, 0.2) is 5.82 Å². The SMILES string of the molecule is c1ccc(-c2nc(-c3ccc(-c4nc5ccccc5n4-c4ccccc4)cc3)nc(-c3ccccc3)c2-c2ccc(-n3c4ccccc4c4ccccc43)cc2)cc1. The third-order valence-corrected chi connectivity index (χ3v) is 11.0. The standard InChI is InChI=1S/C53H35N5/c1-4-16-37(17-5-1)50-49(36-32-34-42(35-33-36)57-46-25-13-10-22-43(46)44-23-11-14-26-47(44)57)51(38-18-6-2-7-19-38)56-52(55-50)39-28-30-40(31-29-39)53-54-45-24-12-15-27-48(45)58(53)41-20-8-3-9-21-41/h1-35H. The summed E-state index contributed by atoms with van der Waals surface area (Å²) in [6.07, 6.45) is 0. The van der Waals surface area contributed by atoms with Gasteiger partial charge in [-0.1, -0.05) is 164 Å². The van der Waals surface area contributed by atoms with Gasteiger partial charge in [-0.15, -0.1) is 0 Å². The lowest BCUT2D eigenvalue weighted by Gasteiger charge is -2.18. The first kappa shape index (κ1) is 33.4. The molecule has 58 heavy (non-hydrogen) atoms. The molecule has 0 bridgehead atoms. The Balaban J connectivity index is 1.07. The molecule has 0 unspecified atom stereocenters. The fourth-order valence-electron chi connectivity index (χ4n) is 8.28. The Labute approximate surface area is 335 Å². The van der Waals surface area contributed by atoms with Gasteiger partial charge in [-0.25, -0.2) is 15.0 Å². The van der Waals surface area contributed by atoms with Crippen LogP contribution in [0.3, 0.4) is 0 Å². The van der Waals surface area contributed by atoms with Gasteiger partial charge in [0, 0.05) is 50.0 Å². The monoisotopic (exact) mass is 741 g/mol. The molecule has 0 radical (unpaired) electrons. The zero-order valence-corrected chi connectivity index (χ0v) is 31.4. The zero-order valence-electron chi connectivity index (χ0n) is 31.4. The fourth-order valence-corrected chi connectivity index (χ4v) is 8.28. The topological polar surface area (TPSA) is 48.5 Å². The number of aromatic nitrogens is 5. The van der Waals surface area contributed by atoms with Crippen molar-refractivity contribution < 1.29 is 0 Å². The molecule has 5 heteroatoms. The van der Waals surface area contributed by atoms with E-state index in [2.05, 4.69) is 197 Å². The van der Waals surface area contributed by atoms with Crippen molar-refractivity contribution in [3.8, 4) is 67.8 Å². The van der Waals surface area contributed by atoms with Crippen molar-refractivity contribution in [1.82, 2.24) is 24.1 Å². The minimum absolute atomic E-state index is 0.659. The highest BCUT2D eigenvalue weighted by molar-refractivity contribution is 6.09. The number of hydrogen-bond donors (Lipinski definition) is 0. The molecule has 3 aromatic heterocycles. The third kappa shape index (κ3) is 5.68. The van der Waals surface area contributed by atoms with Crippen LogP contribution in [0.25, 0.3) is 101 Å². The van der Waals surface area contributed by atoms with Crippen LogP contribution in [0.5, 0.6) is 0 Å². The van der Waals surface area contributed by atoms with Gasteiger partial charge >= 0.3 is 0 Å². The van der Waals surface area contributed by atoms with Gasteiger partial charge in [0.2, 0.25) is 0 Å². The van der Waals surface area contributed by atoms with Gasteiger partial charge in [-0.3, -0.25) is 4.57 Å². The summed E-state index contributed by atoms with van der Waals surface area (Å²) < 4.78 is 4.58. The van der Waals surface area contributed by atoms with Crippen LogP contribution in [0.15, 0.2) is 212 Å². The normalized spacial score (nSPS) is 11.4. The molecule has 0 spiro atoms. The molecule has 0 fully saturated rings. The van der Waals surface area contributed by atoms with Crippen molar-refractivity contribution in [3.63, 3.8) is 0 Å². The molecule has 3 heterocycles. The van der Waals surface area contributed by atoms with E-state index in [1.807, 2.05) is 24.3 Å². The van der Waals surface area contributed by atoms with Crippen LogP contribution in [0.2, 0.25) is 0 Å². The largest absolute Gasteiger partial charge is 0.309 e. The number of para-hydroxylation sites is 5. The van der Waals surface area contributed by atoms with Gasteiger partial charge in [-0.2, -0.15) is 0 Å². The Morgan fingerprint density at radius 3 is 1.33 bits per heavy atom. The third-order valence-electron chi connectivity index (χ3n) is 11.0. The zero-order chi connectivity index (χ0) is 38.4. The van der Waals surface area contributed by atoms with Gasteiger partial charge in [-0.05, 0) is 54.1 Å². The summed E-state index contributed by atoms with van der Waals surface area (Å²) in [5.74, 6) is 1.54. The van der Waals surface area contributed by atoms with Crippen molar-refractivity contribution in [2.24, 2.45) is 0 Å². The van der Waals surface area contributed by atoms with Gasteiger partial charge in [0.25, 0.3) is 0 Å². The van der Waals surface area contributed by atoms with Crippen LogP contribution >= 0.6 is 0 Å². The lowest BCUT2D eigenvalue weighted by atomic mass is 9.94. The van der Waals surface area contributed by atoms with Crippen LogP contribution in [0.1, 0.15) is 0 Å². The second kappa shape index (κ2) is 14.0. The van der Waals surface area contributed by atoms with Gasteiger partial charge in [0.05, 0.1) is 33.5 Å². The molecule has 0 aliphatic rings. The first-order chi connectivity index (χ1) is 28.8. The first-order valence-corrected chi connectivity index (χ1v) is 19.5. The predicted octanol–water partition coefficient (Wildman–Crippen LogP) is 13.2. The summed E-state index contributed by atoms with van der Waals surface area (Å²) in [5.41, 5.74) is 14.3. The summed E-state index contributed by atoms with van der Waals surface area (Å²) >= 11 is 0. The number of nitrogens with zero attached hydrogens (tertiary/aromatic N) is 5. The molecule has 0 atom stereocenters. The van der Waals surface area contributed by atoms with E-state index in [-0.39, 0.29) is 0 Å². The molecule has 0 aliphatic heterocycles. The molecule has 0 saturated carbocycles. The minimum atomic E-state index is 0.659. The molecule has 0 amide bonds. The van der Waals surface area contributed by atoms with Crippen LogP contribution < -0.4 is 0 Å². The van der Waals surface area contributed by atoms with Crippen LogP contribution in [-0.4, -0.2) is 24.1 Å². The quantitative estimate of drug-likeness (QED) is 0.163. The Kier molecular flexibility index (Phi) is 8.07. The number of fused-ring (bicyclic) bond motifs is 4. The Bertz CT molecular complexity index is 3120. The molecule has 11 aromatic rings. The van der Waals surface area contributed by atoms with Gasteiger partial charge < -0.3 is 4.57 Å². The molecular weight excluding hydrogens is 707 g/mol. The van der Waals surface area contributed by atoms with Gasteiger partial charge in [0.1, 0.15) is 5.82 Å². The highest BCUT2D eigenvalue weighted by Crippen LogP contribution is 2.41. The summed E-state index contributed by atoms with van der Waals surface area (Å²) in [7, 11) is 0. The number of hydrogen-bond acceptors (Lipinski definition) is 3. The smallest absolute Gasteiger partial charge is 0.160 e. The van der Waals surface area contributed by atoms with Crippen molar-refractivity contribution in [2.75, 3.05) is 0 Å². The number of imidazole rings is 1. The maximum atomic E-state index is 5.40. The van der Waals surface area contributed by atoms with E-state index in [0.29, 0.717) is 5.82 Å². The maximum Gasteiger partial charge on any atom is 0.160 e.